The number of nitrogens with zero attached hydrogens (tertiary/aromatic N) is 2. The van der Waals surface area contributed by atoms with E-state index in [0.717, 1.165) is 31.7 Å². The molecule has 0 aliphatic carbocycles. The monoisotopic (exact) mass is 280 g/mol. The Balaban J connectivity index is 1.90. The Kier molecular flexibility index (Phi) is 4.78. The van der Waals surface area contributed by atoms with Crippen molar-refractivity contribution in [2.24, 2.45) is 0 Å². The highest BCUT2D eigenvalue weighted by Crippen LogP contribution is 2.22. The molecule has 1 fully saturated rings. The van der Waals surface area contributed by atoms with E-state index in [1.54, 1.807) is 12.1 Å². The van der Waals surface area contributed by atoms with Crippen LogP contribution in [0.4, 0.5) is 4.39 Å². The molecular weight excluding hydrogens is 255 g/mol. The summed E-state index contributed by atoms with van der Waals surface area (Å²) in [5.41, 5.74) is 0.386. The molecule has 1 aliphatic rings. The van der Waals surface area contributed by atoms with Gasteiger partial charge < -0.3 is 5.11 Å². The summed E-state index contributed by atoms with van der Waals surface area (Å²) in [6.45, 7) is 10.3. The van der Waals surface area contributed by atoms with Crippen LogP contribution in [0.2, 0.25) is 0 Å². The number of hydrogen-bond donors (Lipinski definition) is 1. The molecule has 0 radical (unpaired) electrons. The summed E-state index contributed by atoms with van der Waals surface area (Å²) in [7, 11) is 0. The lowest BCUT2D eigenvalue weighted by molar-refractivity contribution is 0.0120. The molecule has 1 aromatic carbocycles. The Morgan fingerprint density at radius 3 is 2.45 bits per heavy atom. The van der Waals surface area contributed by atoms with Crippen LogP contribution in [0.1, 0.15) is 32.4 Å². The van der Waals surface area contributed by atoms with Crippen molar-refractivity contribution in [1.82, 2.24) is 9.80 Å². The van der Waals surface area contributed by atoms with Crippen molar-refractivity contribution < 1.29 is 9.50 Å². The lowest BCUT2D eigenvalue weighted by Crippen LogP contribution is -2.50. The van der Waals surface area contributed by atoms with E-state index in [1.165, 1.54) is 6.07 Å². The first-order chi connectivity index (χ1) is 9.35. The maximum absolute atomic E-state index is 13.3. The minimum absolute atomic E-state index is 0.171. The molecule has 1 atom stereocenters. The first-order valence-corrected chi connectivity index (χ1v) is 7.29. The summed E-state index contributed by atoms with van der Waals surface area (Å²) in [6.07, 6.45) is 0. The number of aliphatic hydroxyl groups is 1. The van der Waals surface area contributed by atoms with Crippen molar-refractivity contribution in [3.63, 3.8) is 0 Å². The third-order valence-electron chi connectivity index (χ3n) is 3.90. The third kappa shape index (κ3) is 4.27. The van der Waals surface area contributed by atoms with Crippen LogP contribution >= 0.6 is 0 Å². The van der Waals surface area contributed by atoms with E-state index < -0.39 is 5.60 Å². The van der Waals surface area contributed by atoms with E-state index in [-0.39, 0.29) is 11.9 Å². The molecule has 1 heterocycles. The second-order valence-electron chi connectivity index (χ2n) is 6.36. The standard InChI is InChI=1S/C16H25FN2O/c1-13(14-5-4-6-15(17)11-14)19-9-7-18(8-10-19)12-16(2,3)20/h4-6,11,13,20H,7-10,12H2,1-3H3. The molecule has 1 N–H and O–H groups in total. The van der Waals surface area contributed by atoms with Crippen LogP contribution in [0, 0.1) is 5.82 Å². The minimum atomic E-state index is -0.643. The van der Waals surface area contributed by atoms with E-state index in [0.29, 0.717) is 6.54 Å². The summed E-state index contributed by atoms with van der Waals surface area (Å²) in [6, 6.07) is 7.09. The van der Waals surface area contributed by atoms with Crippen molar-refractivity contribution in [3.05, 3.63) is 35.6 Å². The summed E-state index contributed by atoms with van der Waals surface area (Å²) < 4.78 is 13.3. The predicted molar refractivity (Wildman–Crippen MR) is 79.1 cm³/mol. The third-order valence-corrected chi connectivity index (χ3v) is 3.90. The number of halogens is 1. The number of rotatable bonds is 4. The lowest BCUT2D eigenvalue weighted by atomic mass is 10.1. The van der Waals surface area contributed by atoms with Crippen LogP contribution in [-0.2, 0) is 0 Å². The first-order valence-electron chi connectivity index (χ1n) is 7.29. The van der Waals surface area contributed by atoms with Gasteiger partial charge in [0.1, 0.15) is 5.82 Å². The number of piperazine rings is 1. The SMILES string of the molecule is CC(c1cccc(F)c1)N1CCN(CC(C)(C)O)CC1. The maximum atomic E-state index is 13.3. The topological polar surface area (TPSA) is 26.7 Å². The van der Waals surface area contributed by atoms with Crippen molar-refractivity contribution in [2.45, 2.75) is 32.4 Å². The molecule has 0 bridgehead atoms. The second-order valence-corrected chi connectivity index (χ2v) is 6.36. The van der Waals surface area contributed by atoms with Crippen LogP contribution in [-0.4, -0.2) is 53.2 Å². The van der Waals surface area contributed by atoms with Crippen LogP contribution < -0.4 is 0 Å². The average Bonchev–Trinajstić information content (AvgIpc) is 2.37. The van der Waals surface area contributed by atoms with Gasteiger partial charge in [-0.3, -0.25) is 9.80 Å². The van der Waals surface area contributed by atoms with Gasteiger partial charge >= 0.3 is 0 Å². The Morgan fingerprint density at radius 1 is 1.25 bits per heavy atom. The Morgan fingerprint density at radius 2 is 1.90 bits per heavy atom. The quantitative estimate of drug-likeness (QED) is 0.916. The maximum Gasteiger partial charge on any atom is 0.123 e. The summed E-state index contributed by atoms with van der Waals surface area (Å²) in [5.74, 6) is -0.171. The molecule has 0 spiro atoms. The van der Waals surface area contributed by atoms with Gasteiger partial charge in [0, 0.05) is 38.8 Å². The average molecular weight is 280 g/mol. The van der Waals surface area contributed by atoms with Gasteiger partial charge in [-0.25, -0.2) is 4.39 Å². The van der Waals surface area contributed by atoms with Crippen LogP contribution in [0.25, 0.3) is 0 Å². The molecule has 1 aromatic rings. The second kappa shape index (κ2) is 6.20. The number of benzene rings is 1. The molecule has 1 saturated heterocycles. The van der Waals surface area contributed by atoms with Crippen molar-refractivity contribution in [2.75, 3.05) is 32.7 Å². The molecule has 1 aliphatic heterocycles. The normalized spacial score (nSPS) is 20.1. The van der Waals surface area contributed by atoms with Gasteiger partial charge in [0.15, 0.2) is 0 Å². The van der Waals surface area contributed by atoms with E-state index in [2.05, 4.69) is 16.7 Å². The van der Waals surface area contributed by atoms with E-state index in [9.17, 15) is 9.50 Å². The Bertz CT molecular complexity index is 436. The van der Waals surface area contributed by atoms with Crippen LogP contribution in [0.15, 0.2) is 24.3 Å². The highest BCUT2D eigenvalue weighted by molar-refractivity contribution is 5.19. The predicted octanol–water partition coefficient (Wildman–Crippen LogP) is 2.28. The van der Waals surface area contributed by atoms with Gasteiger partial charge in [-0.15, -0.1) is 0 Å². The zero-order valence-electron chi connectivity index (χ0n) is 12.6. The smallest absolute Gasteiger partial charge is 0.123 e. The summed E-state index contributed by atoms with van der Waals surface area (Å²) in [5, 5.41) is 9.86. The Labute approximate surface area is 121 Å². The molecule has 112 valence electrons. The van der Waals surface area contributed by atoms with E-state index in [4.69, 9.17) is 0 Å². The van der Waals surface area contributed by atoms with E-state index in [1.807, 2.05) is 19.9 Å². The zero-order chi connectivity index (χ0) is 14.8. The molecule has 3 nitrogen and oxygen atoms in total. The highest BCUT2D eigenvalue weighted by Gasteiger charge is 2.25. The van der Waals surface area contributed by atoms with Gasteiger partial charge in [0.25, 0.3) is 0 Å². The van der Waals surface area contributed by atoms with Crippen molar-refractivity contribution >= 4 is 0 Å². The number of β-amino-alcohol motifs (C(OH)–C–C–N with tert-alkyl or cyclic N) is 1. The highest BCUT2D eigenvalue weighted by atomic mass is 19.1. The van der Waals surface area contributed by atoms with Gasteiger partial charge in [-0.1, -0.05) is 12.1 Å². The van der Waals surface area contributed by atoms with Crippen LogP contribution in [0.3, 0.4) is 0 Å². The lowest BCUT2D eigenvalue weighted by Gasteiger charge is -2.40. The van der Waals surface area contributed by atoms with Gasteiger partial charge in [0.2, 0.25) is 0 Å². The Hall–Kier alpha value is -0.970. The molecule has 0 aromatic heterocycles. The summed E-state index contributed by atoms with van der Waals surface area (Å²) >= 11 is 0. The molecule has 0 saturated carbocycles. The summed E-state index contributed by atoms with van der Waals surface area (Å²) in [4.78, 5) is 4.66. The molecule has 4 heteroatoms. The molecule has 1 unspecified atom stereocenters. The number of hydrogen-bond acceptors (Lipinski definition) is 3. The van der Waals surface area contributed by atoms with Gasteiger partial charge in [-0.05, 0) is 38.5 Å². The van der Waals surface area contributed by atoms with Gasteiger partial charge in [-0.2, -0.15) is 0 Å². The molecule has 20 heavy (non-hydrogen) atoms. The van der Waals surface area contributed by atoms with Crippen LogP contribution in [0.5, 0.6) is 0 Å². The zero-order valence-corrected chi connectivity index (χ0v) is 12.6. The fraction of sp³-hybridized carbons (Fsp3) is 0.625. The van der Waals surface area contributed by atoms with Crippen molar-refractivity contribution in [1.29, 1.82) is 0 Å². The molecule has 0 amide bonds. The fourth-order valence-corrected chi connectivity index (χ4v) is 2.83. The largest absolute Gasteiger partial charge is 0.389 e. The minimum Gasteiger partial charge on any atom is -0.389 e. The first kappa shape index (κ1) is 15.4. The fourth-order valence-electron chi connectivity index (χ4n) is 2.83. The van der Waals surface area contributed by atoms with Crippen molar-refractivity contribution in [3.8, 4) is 0 Å². The molecular formula is C16H25FN2O. The van der Waals surface area contributed by atoms with E-state index >= 15 is 0 Å². The molecule has 2 rings (SSSR count). The van der Waals surface area contributed by atoms with Gasteiger partial charge in [0.05, 0.1) is 5.60 Å².